The molecule has 1 atom stereocenters. The number of piperidine rings is 1. The number of fused-ring (bicyclic) bond motifs is 1. The first-order valence-corrected chi connectivity index (χ1v) is 12.8. The highest BCUT2D eigenvalue weighted by atomic mass is 16.5. The van der Waals surface area contributed by atoms with Gasteiger partial charge in [0, 0.05) is 19.6 Å². The molecule has 5 rings (SSSR count). The lowest BCUT2D eigenvalue weighted by Crippen LogP contribution is -2.40. The Morgan fingerprint density at radius 1 is 1.00 bits per heavy atom. The monoisotopic (exact) mass is 499 g/mol. The van der Waals surface area contributed by atoms with E-state index in [9.17, 15) is 9.90 Å². The van der Waals surface area contributed by atoms with Crippen LogP contribution >= 0.6 is 0 Å². The average Bonchev–Trinajstić information content (AvgIpc) is 2.94. The number of methoxy groups -OCH3 is 2. The molecule has 0 spiro atoms. The summed E-state index contributed by atoms with van der Waals surface area (Å²) in [6, 6.07) is 21.4. The third-order valence-corrected chi connectivity index (χ3v) is 7.17. The van der Waals surface area contributed by atoms with E-state index < -0.39 is 0 Å². The number of likely N-dealkylation sites (tertiary alicyclic amines) is 1. The Hall–Kier alpha value is -3.68. The van der Waals surface area contributed by atoms with E-state index in [1.165, 1.54) is 0 Å². The van der Waals surface area contributed by atoms with E-state index in [1.807, 2.05) is 71.3 Å². The largest absolute Gasteiger partial charge is 0.497 e. The van der Waals surface area contributed by atoms with Gasteiger partial charge < -0.3 is 19.5 Å². The number of hydrogen-bond acceptors (Lipinski definition) is 6. The molecule has 4 aromatic rings. The second-order valence-electron chi connectivity index (χ2n) is 9.55. The molecule has 0 amide bonds. The number of aliphatic hydroxyl groups excluding tert-OH is 1. The summed E-state index contributed by atoms with van der Waals surface area (Å²) in [6.07, 6.45) is 2.08. The fraction of sp³-hybridized carbons (Fsp3) is 0.333. The fourth-order valence-corrected chi connectivity index (χ4v) is 5.31. The molecule has 0 saturated carbocycles. The summed E-state index contributed by atoms with van der Waals surface area (Å²) in [5.41, 5.74) is 3.31. The lowest BCUT2D eigenvalue weighted by molar-refractivity contribution is 0.132. The third-order valence-electron chi connectivity index (χ3n) is 7.17. The molecule has 1 aliphatic heterocycles. The van der Waals surface area contributed by atoms with E-state index in [-0.39, 0.29) is 18.1 Å². The molecule has 0 aliphatic carbocycles. The standard InChI is InChI=1S/C30H33N3O4/c1-36-24-9-5-8-22(17-24)23-12-13-27-26(18-23)30(35)33(20-21-7-6-14-32(19-21)15-16-34)29(31-27)25-10-3-4-11-28(25)37-2/h3-5,8-13,17-18,21,34H,6-7,14-16,19-20H2,1-2H3. The molecule has 1 aromatic heterocycles. The lowest BCUT2D eigenvalue weighted by atomic mass is 9.97. The number of benzene rings is 3. The van der Waals surface area contributed by atoms with Gasteiger partial charge in [0.2, 0.25) is 0 Å². The molecule has 1 unspecified atom stereocenters. The molecule has 1 aliphatic rings. The van der Waals surface area contributed by atoms with Crippen LogP contribution in [0.2, 0.25) is 0 Å². The minimum absolute atomic E-state index is 0.0602. The topological polar surface area (TPSA) is 76.8 Å². The van der Waals surface area contributed by atoms with E-state index in [2.05, 4.69) is 4.90 Å². The SMILES string of the molecule is COc1cccc(-c2ccc3nc(-c4ccccc4OC)n(CC4CCCN(CCO)C4)c(=O)c3c2)c1. The number of para-hydroxylation sites is 1. The summed E-state index contributed by atoms with van der Waals surface area (Å²) in [6.45, 7) is 3.18. The minimum atomic E-state index is -0.0602. The van der Waals surface area contributed by atoms with E-state index in [4.69, 9.17) is 14.5 Å². The molecule has 3 aromatic carbocycles. The zero-order valence-electron chi connectivity index (χ0n) is 21.4. The van der Waals surface area contributed by atoms with Gasteiger partial charge in [-0.3, -0.25) is 9.36 Å². The predicted octanol–water partition coefficient (Wildman–Crippen LogP) is 4.45. The molecule has 2 heterocycles. The van der Waals surface area contributed by atoms with Gasteiger partial charge in [0.25, 0.3) is 5.56 Å². The Morgan fingerprint density at radius 3 is 2.65 bits per heavy atom. The lowest BCUT2D eigenvalue weighted by Gasteiger charge is -2.33. The Morgan fingerprint density at radius 2 is 1.84 bits per heavy atom. The van der Waals surface area contributed by atoms with Crippen LogP contribution in [-0.2, 0) is 6.54 Å². The smallest absolute Gasteiger partial charge is 0.261 e. The van der Waals surface area contributed by atoms with Gasteiger partial charge in [-0.15, -0.1) is 0 Å². The van der Waals surface area contributed by atoms with Crippen molar-refractivity contribution in [3.63, 3.8) is 0 Å². The van der Waals surface area contributed by atoms with E-state index in [0.717, 1.165) is 48.4 Å². The number of nitrogens with zero attached hydrogens (tertiary/aromatic N) is 3. The average molecular weight is 500 g/mol. The van der Waals surface area contributed by atoms with Crippen LogP contribution in [0.3, 0.4) is 0 Å². The van der Waals surface area contributed by atoms with Crippen molar-refractivity contribution in [1.29, 1.82) is 0 Å². The van der Waals surface area contributed by atoms with Crippen LogP contribution in [0.25, 0.3) is 33.4 Å². The van der Waals surface area contributed by atoms with Crippen molar-refractivity contribution in [2.24, 2.45) is 5.92 Å². The summed E-state index contributed by atoms with van der Waals surface area (Å²) in [5.74, 6) is 2.35. The predicted molar refractivity (Wildman–Crippen MR) is 146 cm³/mol. The molecule has 1 fully saturated rings. The number of ether oxygens (including phenoxy) is 2. The van der Waals surface area contributed by atoms with Crippen molar-refractivity contribution in [1.82, 2.24) is 14.5 Å². The van der Waals surface area contributed by atoms with Gasteiger partial charge in [-0.2, -0.15) is 0 Å². The van der Waals surface area contributed by atoms with Gasteiger partial charge >= 0.3 is 0 Å². The van der Waals surface area contributed by atoms with Crippen molar-refractivity contribution in [3.05, 3.63) is 77.1 Å². The zero-order valence-corrected chi connectivity index (χ0v) is 21.4. The number of β-amino-alcohol motifs (C(OH)–C–C–N with tert-alkyl or cyclic N) is 1. The first-order chi connectivity index (χ1) is 18.1. The van der Waals surface area contributed by atoms with Crippen molar-refractivity contribution < 1.29 is 14.6 Å². The molecule has 0 radical (unpaired) electrons. The Kier molecular flexibility index (Phi) is 7.53. The molecule has 0 bridgehead atoms. The van der Waals surface area contributed by atoms with Gasteiger partial charge in [0.15, 0.2) is 0 Å². The molecular weight excluding hydrogens is 466 g/mol. The second kappa shape index (κ2) is 11.2. The highest BCUT2D eigenvalue weighted by Gasteiger charge is 2.24. The first kappa shape index (κ1) is 25.0. The van der Waals surface area contributed by atoms with Crippen LogP contribution in [-0.4, -0.2) is 60.0 Å². The molecule has 192 valence electrons. The number of rotatable bonds is 8. The van der Waals surface area contributed by atoms with E-state index in [0.29, 0.717) is 35.6 Å². The summed E-state index contributed by atoms with van der Waals surface area (Å²) >= 11 is 0. The third kappa shape index (κ3) is 5.24. The van der Waals surface area contributed by atoms with Crippen LogP contribution in [0.1, 0.15) is 12.8 Å². The van der Waals surface area contributed by atoms with E-state index >= 15 is 0 Å². The van der Waals surface area contributed by atoms with Gasteiger partial charge in [0.1, 0.15) is 17.3 Å². The number of aromatic nitrogens is 2. The van der Waals surface area contributed by atoms with E-state index in [1.54, 1.807) is 14.2 Å². The molecule has 1 saturated heterocycles. The van der Waals surface area contributed by atoms with Crippen LogP contribution in [0.4, 0.5) is 0 Å². The number of aliphatic hydroxyl groups is 1. The maximum atomic E-state index is 14.1. The maximum absolute atomic E-state index is 14.1. The Bertz CT molecular complexity index is 1450. The summed E-state index contributed by atoms with van der Waals surface area (Å²) in [7, 11) is 3.28. The normalized spacial score (nSPS) is 16.1. The second-order valence-corrected chi connectivity index (χ2v) is 9.55. The van der Waals surface area contributed by atoms with Crippen molar-refractivity contribution >= 4 is 10.9 Å². The molecule has 37 heavy (non-hydrogen) atoms. The fourth-order valence-electron chi connectivity index (χ4n) is 5.31. The van der Waals surface area contributed by atoms with Gasteiger partial charge in [0.05, 0.1) is 37.3 Å². The number of hydrogen-bond donors (Lipinski definition) is 1. The van der Waals surface area contributed by atoms with Crippen molar-refractivity contribution in [3.8, 4) is 34.0 Å². The quantitative estimate of drug-likeness (QED) is 0.386. The van der Waals surface area contributed by atoms with Crippen LogP contribution in [0, 0.1) is 5.92 Å². The van der Waals surface area contributed by atoms with Crippen molar-refractivity contribution in [2.45, 2.75) is 19.4 Å². The molecule has 7 heteroatoms. The van der Waals surface area contributed by atoms with Gasteiger partial charge in [-0.1, -0.05) is 30.3 Å². The molecule has 1 N–H and O–H groups in total. The summed E-state index contributed by atoms with van der Waals surface area (Å²) in [4.78, 5) is 21.4. The minimum Gasteiger partial charge on any atom is -0.497 e. The maximum Gasteiger partial charge on any atom is 0.261 e. The summed E-state index contributed by atoms with van der Waals surface area (Å²) < 4.78 is 12.9. The van der Waals surface area contributed by atoms with Gasteiger partial charge in [-0.25, -0.2) is 4.98 Å². The highest BCUT2D eigenvalue weighted by molar-refractivity contribution is 5.85. The molecular formula is C30H33N3O4. The van der Waals surface area contributed by atoms with Gasteiger partial charge in [-0.05, 0) is 72.8 Å². The first-order valence-electron chi connectivity index (χ1n) is 12.8. The Balaban J connectivity index is 1.64. The highest BCUT2D eigenvalue weighted by Crippen LogP contribution is 2.31. The van der Waals surface area contributed by atoms with Crippen LogP contribution in [0.15, 0.2) is 71.5 Å². The van der Waals surface area contributed by atoms with Crippen molar-refractivity contribution in [2.75, 3.05) is 40.5 Å². The van der Waals surface area contributed by atoms with Crippen LogP contribution < -0.4 is 15.0 Å². The zero-order chi connectivity index (χ0) is 25.8. The Labute approximate surface area is 216 Å². The van der Waals surface area contributed by atoms with Crippen LogP contribution in [0.5, 0.6) is 11.5 Å². The summed E-state index contributed by atoms with van der Waals surface area (Å²) in [5, 5.41) is 10.0. The molecule has 7 nitrogen and oxygen atoms in total.